The third kappa shape index (κ3) is 6.55. The molecule has 4 rings (SSSR count). The van der Waals surface area contributed by atoms with E-state index in [0.717, 1.165) is 29.9 Å². The fourth-order valence-corrected chi connectivity index (χ4v) is 4.38. The summed E-state index contributed by atoms with van der Waals surface area (Å²) in [7, 11) is 5.45. The van der Waals surface area contributed by atoms with Crippen molar-refractivity contribution in [1.29, 1.82) is 0 Å². The van der Waals surface area contributed by atoms with Crippen molar-refractivity contribution in [1.82, 2.24) is 29.8 Å². The predicted molar refractivity (Wildman–Crippen MR) is 162 cm³/mol. The summed E-state index contributed by atoms with van der Waals surface area (Å²) in [6, 6.07) is 8.15. The van der Waals surface area contributed by atoms with Gasteiger partial charge in [0.15, 0.2) is 5.65 Å². The maximum absolute atomic E-state index is 12.3. The second-order valence-corrected chi connectivity index (χ2v) is 9.54. The van der Waals surface area contributed by atoms with Gasteiger partial charge in [-0.25, -0.2) is 15.0 Å². The highest BCUT2D eigenvalue weighted by molar-refractivity contribution is 6.02. The molecule has 0 aliphatic carbocycles. The van der Waals surface area contributed by atoms with Crippen LogP contribution in [0.4, 0.5) is 23.0 Å². The molecule has 0 radical (unpaired) electrons. The van der Waals surface area contributed by atoms with E-state index in [1.54, 1.807) is 19.5 Å². The van der Waals surface area contributed by atoms with E-state index in [4.69, 9.17) is 14.5 Å². The Bertz CT molecular complexity index is 1530. The molecular formula is C29H37N9O3. The number of hydrogen-bond donors (Lipinski definition) is 3. The fraction of sp³-hybridized carbons (Fsp3) is 0.345. The summed E-state index contributed by atoms with van der Waals surface area (Å²) in [5.74, 6) is 0.637. The first-order chi connectivity index (χ1) is 19.8. The van der Waals surface area contributed by atoms with Gasteiger partial charge in [-0.05, 0) is 52.1 Å². The van der Waals surface area contributed by atoms with Gasteiger partial charge in [0, 0.05) is 50.2 Å². The highest BCUT2D eigenvalue weighted by Crippen LogP contribution is 2.38. The zero-order valence-corrected chi connectivity index (χ0v) is 24.4. The third-order valence-electron chi connectivity index (χ3n) is 6.36. The van der Waals surface area contributed by atoms with Crippen LogP contribution < -0.4 is 30.3 Å². The summed E-state index contributed by atoms with van der Waals surface area (Å²) in [5, 5.41) is 9.33. The summed E-state index contributed by atoms with van der Waals surface area (Å²) in [6.45, 7) is 11.6. The number of anilines is 4. The fourth-order valence-electron chi connectivity index (χ4n) is 4.38. The minimum atomic E-state index is -0.318. The highest BCUT2D eigenvalue weighted by Gasteiger charge is 2.18. The zero-order valence-electron chi connectivity index (χ0n) is 24.4. The van der Waals surface area contributed by atoms with Gasteiger partial charge in [0.05, 0.1) is 42.0 Å². The van der Waals surface area contributed by atoms with Gasteiger partial charge in [0.1, 0.15) is 5.75 Å². The van der Waals surface area contributed by atoms with E-state index in [-0.39, 0.29) is 11.9 Å². The number of nitrogens with one attached hydrogen (secondary N) is 3. The Labute approximate surface area is 239 Å². The molecule has 0 saturated carbocycles. The van der Waals surface area contributed by atoms with Crippen molar-refractivity contribution in [3.8, 4) is 23.0 Å². The molecule has 3 N–H and O–H groups in total. The SMILES string of the molecule is C=CC(=O)Nc1cc(Nc2nccc(-c3cnc4nc(OC)n(C(C)C)c4c3)n2)c(OCC)cc1N(C)CCNC. The van der Waals surface area contributed by atoms with Crippen LogP contribution in [0, 0.1) is 0 Å². The summed E-state index contributed by atoms with van der Waals surface area (Å²) < 4.78 is 13.4. The number of nitrogens with zero attached hydrogens (tertiary/aromatic N) is 6. The summed E-state index contributed by atoms with van der Waals surface area (Å²) in [6.07, 6.45) is 4.64. The molecule has 4 aromatic rings. The van der Waals surface area contributed by atoms with Gasteiger partial charge in [0.2, 0.25) is 11.9 Å². The van der Waals surface area contributed by atoms with Crippen LogP contribution in [0.25, 0.3) is 22.4 Å². The Balaban J connectivity index is 1.73. The number of methoxy groups -OCH3 is 1. The van der Waals surface area contributed by atoms with Crippen molar-refractivity contribution in [2.75, 3.05) is 56.4 Å². The van der Waals surface area contributed by atoms with Crippen LogP contribution in [0.2, 0.25) is 0 Å². The molecule has 0 bridgehead atoms. The van der Waals surface area contributed by atoms with Crippen LogP contribution in [0.15, 0.2) is 49.3 Å². The number of aromatic nitrogens is 5. The number of hydrogen-bond acceptors (Lipinski definition) is 10. The second kappa shape index (κ2) is 13.1. The lowest BCUT2D eigenvalue weighted by Gasteiger charge is -2.25. The predicted octanol–water partition coefficient (Wildman–Crippen LogP) is 4.40. The molecule has 1 amide bonds. The molecule has 12 heteroatoms. The largest absolute Gasteiger partial charge is 0.492 e. The van der Waals surface area contributed by atoms with Crippen molar-refractivity contribution >= 4 is 40.1 Å². The van der Waals surface area contributed by atoms with Crippen molar-refractivity contribution in [2.45, 2.75) is 26.8 Å². The molecule has 0 aliphatic heterocycles. The number of likely N-dealkylation sites (N-methyl/N-ethyl adjacent to an activating group) is 2. The number of benzene rings is 1. The van der Waals surface area contributed by atoms with Crippen LogP contribution in [-0.4, -0.2) is 71.3 Å². The van der Waals surface area contributed by atoms with E-state index in [1.165, 1.54) is 6.08 Å². The maximum Gasteiger partial charge on any atom is 0.298 e. The van der Waals surface area contributed by atoms with Gasteiger partial charge in [-0.1, -0.05) is 6.58 Å². The third-order valence-corrected chi connectivity index (χ3v) is 6.36. The molecule has 0 fully saturated rings. The number of pyridine rings is 1. The Morgan fingerprint density at radius 3 is 2.68 bits per heavy atom. The van der Waals surface area contributed by atoms with E-state index in [9.17, 15) is 4.79 Å². The van der Waals surface area contributed by atoms with Crippen molar-refractivity contribution in [3.05, 3.63) is 49.3 Å². The topological polar surface area (TPSA) is 131 Å². The smallest absolute Gasteiger partial charge is 0.298 e. The van der Waals surface area contributed by atoms with Crippen LogP contribution >= 0.6 is 0 Å². The summed E-state index contributed by atoms with van der Waals surface area (Å²) in [5.41, 5.74) is 4.93. The van der Waals surface area contributed by atoms with Crippen molar-refractivity contribution in [3.63, 3.8) is 0 Å². The lowest BCUT2D eigenvalue weighted by atomic mass is 10.2. The summed E-state index contributed by atoms with van der Waals surface area (Å²) in [4.78, 5) is 32.5. The minimum Gasteiger partial charge on any atom is -0.492 e. The number of ether oxygens (including phenoxy) is 2. The maximum atomic E-state index is 12.3. The first-order valence-corrected chi connectivity index (χ1v) is 13.4. The van der Waals surface area contributed by atoms with Gasteiger partial charge in [-0.3, -0.25) is 9.36 Å². The molecule has 0 saturated heterocycles. The molecule has 3 heterocycles. The van der Waals surface area contributed by atoms with E-state index < -0.39 is 0 Å². The number of fused-ring (bicyclic) bond motifs is 1. The number of carbonyl (C=O) groups is 1. The van der Waals surface area contributed by atoms with E-state index in [1.807, 2.05) is 54.8 Å². The standard InChI is InChI=1S/C29H37N9O3/c1-8-26(39)33-21-15-22(25(41-9-2)16-23(21)37(6)13-12-30-5)35-28-31-11-10-20(34-28)19-14-24-27(32-17-19)36-29(40-7)38(24)18(3)4/h8,10-11,14-18,30H,1,9,12-13H2,2-7H3,(H,33,39)(H,31,34,35). The van der Waals surface area contributed by atoms with E-state index in [0.29, 0.717) is 47.0 Å². The highest BCUT2D eigenvalue weighted by atomic mass is 16.5. The first kappa shape index (κ1) is 29.3. The molecular weight excluding hydrogens is 522 g/mol. The van der Waals surface area contributed by atoms with Gasteiger partial charge in [0.25, 0.3) is 6.01 Å². The van der Waals surface area contributed by atoms with Crippen LogP contribution in [0.5, 0.6) is 11.8 Å². The Morgan fingerprint density at radius 2 is 2.00 bits per heavy atom. The Hall–Kier alpha value is -4.71. The molecule has 1 aromatic carbocycles. The van der Waals surface area contributed by atoms with E-state index >= 15 is 0 Å². The summed E-state index contributed by atoms with van der Waals surface area (Å²) >= 11 is 0. The number of carbonyl (C=O) groups excluding carboxylic acids is 1. The Morgan fingerprint density at radius 1 is 1.20 bits per heavy atom. The van der Waals surface area contributed by atoms with Crippen LogP contribution in [0.3, 0.4) is 0 Å². The minimum absolute atomic E-state index is 0.127. The molecule has 41 heavy (non-hydrogen) atoms. The van der Waals surface area contributed by atoms with Crippen molar-refractivity contribution < 1.29 is 14.3 Å². The number of amides is 1. The quantitative estimate of drug-likeness (QED) is 0.203. The molecule has 3 aromatic heterocycles. The van der Waals surface area contributed by atoms with Crippen molar-refractivity contribution in [2.24, 2.45) is 0 Å². The molecule has 0 atom stereocenters. The monoisotopic (exact) mass is 559 g/mol. The zero-order chi connectivity index (χ0) is 29.5. The molecule has 0 unspecified atom stereocenters. The lowest BCUT2D eigenvalue weighted by molar-refractivity contribution is -0.111. The molecule has 216 valence electrons. The van der Waals surface area contributed by atoms with Gasteiger partial charge < -0.3 is 30.3 Å². The molecule has 0 aliphatic rings. The lowest BCUT2D eigenvalue weighted by Crippen LogP contribution is -2.28. The number of imidazole rings is 1. The normalized spacial score (nSPS) is 11.0. The average Bonchev–Trinajstić information content (AvgIpc) is 3.35. The first-order valence-electron chi connectivity index (χ1n) is 13.4. The van der Waals surface area contributed by atoms with E-state index in [2.05, 4.69) is 51.3 Å². The van der Waals surface area contributed by atoms with Gasteiger partial charge in [-0.2, -0.15) is 4.98 Å². The van der Waals surface area contributed by atoms with Crippen LogP contribution in [0.1, 0.15) is 26.8 Å². The van der Waals surface area contributed by atoms with Crippen LogP contribution in [-0.2, 0) is 4.79 Å². The number of rotatable bonds is 13. The second-order valence-electron chi connectivity index (χ2n) is 9.54. The van der Waals surface area contributed by atoms with Gasteiger partial charge >= 0.3 is 0 Å². The molecule has 12 nitrogen and oxygen atoms in total. The molecule has 0 spiro atoms. The van der Waals surface area contributed by atoms with Gasteiger partial charge in [-0.15, -0.1) is 0 Å². The average molecular weight is 560 g/mol. The Kier molecular flexibility index (Phi) is 9.35.